The number of hydrogen-bond donors (Lipinski definition) is 1. The molecule has 3 aliphatic rings. The lowest BCUT2D eigenvalue weighted by atomic mass is 9.77. The van der Waals surface area contributed by atoms with Gasteiger partial charge in [0.25, 0.3) is 0 Å². The summed E-state index contributed by atoms with van der Waals surface area (Å²) in [6.45, 7) is 2.39. The maximum atomic E-state index is 12.3. The second-order valence-electron chi connectivity index (χ2n) is 7.22. The minimum absolute atomic E-state index is 0.0899. The first-order valence-corrected chi connectivity index (χ1v) is 8.75. The summed E-state index contributed by atoms with van der Waals surface area (Å²) in [6, 6.07) is 0. The molecule has 1 aliphatic carbocycles. The number of piperidine rings is 1. The van der Waals surface area contributed by atoms with Crippen LogP contribution in [0.3, 0.4) is 0 Å². The molecule has 124 valence electrons. The minimum Gasteiger partial charge on any atom is -0.375 e. The highest BCUT2D eigenvalue weighted by Crippen LogP contribution is 2.39. The Kier molecular flexibility index (Phi) is 4.71. The highest BCUT2D eigenvalue weighted by atomic mass is 16.5. The van der Waals surface area contributed by atoms with Crippen molar-refractivity contribution in [3.63, 3.8) is 0 Å². The van der Waals surface area contributed by atoms with E-state index in [1.807, 2.05) is 4.90 Å². The van der Waals surface area contributed by atoms with Crippen molar-refractivity contribution in [1.82, 2.24) is 10.2 Å². The van der Waals surface area contributed by atoms with Crippen LogP contribution < -0.4 is 5.32 Å². The molecule has 22 heavy (non-hydrogen) atoms. The predicted octanol–water partition coefficient (Wildman–Crippen LogP) is 1.71. The third-order valence-electron chi connectivity index (χ3n) is 5.79. The van der Waals surface area contributed by atoms with Gasteiger partial charge in [0, 0.05) is 39.1 Å². The topological polar surface area (TPSA) is 58.6 Å². The van der Waals surface area contributed by atoms with Gasteiger partial charge in [-0.2, -0.15) is 0 Å². The van der Waals surface area contributed by atoms with Crippen LogP contribution in [0.25, 0.3) is 0 Å². The summed E-state index contributed by atoms with van der Waals surface area (Å²) in [5.41, 5.74) is -0.0899. The average molecular weight is 308 g/mol. The molecule has 0 aromatic heterocycles. The van der Waals surface area contributed by atoms with Crippen LogP contribution in [-0.2, 0) is 14.3 Å². The van der Waals surface area contributed by atoms with E-state index in [0.29, 0.717) is 24.2 Å². The number of likely N-dealkylation sites (tertiary alicyclic amines) is 1. The van der Waals surface area contributed by atoms with E-state index >= 15 is 0 Å². The summed E-state index contributed by atoms with van der Waals surface area (Å²) >= 11 is 0. The van der Waals surface area contributed by atoms with Crippen LogP contribution in [0, 0.1) is 11.8 Å². The maximum Gasteiger partial charge on any atom is 0.225 e. The molecule has 5 heteroatoms. The zero-order valence-electron chi connectivity index (χ0n) is 13.6. The van der Waals surface area contributed by atoms with E-state index < -0.39 is 0 Å². The van der Waals surface area contributed by atoms with Crippen LogP contribution >= 0.6 is 0 Å². The molecule has 3 fully saturated rings. The van der Waals surface area contributed by atoms with E-state index in [-0.39, 0.29) is 11.5 Å². The molecule has 1 saturated carbocycles. The Labute approximate surface area is 132 Å². The Morgan fingerprint density at radius 1 is 1.23 bits per heavy atom. The molecule has 1 spiro atoms. The molecule has 3 rings (SSSR count). The molecule has 1 unspecified atom stereocenters. The lowest BCUT2D eigenvalue weighted by molar-refractivity contribution is -0.153. The maximum absolute atomic E-state index is 12.3. The molecule has 5 nitrogen and oxygen atoms in total. The van der Waals surface area contributed by atoms with Crippen LogP contribution in [0.4, 0.5) is 0 Å². The molecule has 2 saturated heterocycles. The predicted molar refractivity (Wildman–Crippen MR) is 83.2 cm³/mol. The third kappa shape index (κ3) is 3.29. The summed E-state index contributed by atoms with van der Waals surface area (Å²) in [4.78, 5) is 26.0. The van der Waals surface area contributed by atoms with Crippen LogP contribution in [0.1, 0.15) is 51.4 Å². The lowest BCUT2D eigenvalue weighted by Crippen LogP contribution is -2.52. The largest absolute Gasteiger partial charge is 0.375 e. The highest BCUT2D eigenvalue weighted by molar-refractivity contribution is 5.79. The van der Waals surface area contributed by atoms with E-state index in [1.165, 1.54) is 6.42 Å². The fraction of sp³-hybridized carbons (Fsp3) is 0.882. The van der Waals surface area contributed by atoms with Gasteiger partial charge in [-0.05, 0) is 44.4 Å². The summed E-state index contributed by atoms with van der Waals surface area (Å²) < 4.78 is 6.11. The molecule has 2 aliphatic heterocycles. The van der Waals surface area contributed by atoms with Gasteiger partial charge < -0.3 is 15.0 Å². The number of carbonyl (C=O) groups excluding carboxylic acids is 2. The van der Waals surface area contributed by atoms with Crippen LogP contribution in [0.15, 0.2) is 0 Å². The molecule has 0 radical (unpaired) electrons. The molecule has 1 N–H and O–H groups in total. The summed E-state index contributed by atoms with van der Waals surface area (Å²) in [7, 11) is 1.70. The van der Waals surface area contributed by atoms with Gasteiger partial charge in [0.1, 0.15) is 0 Å². The quantitative estimate of drug-likeness (QED) is 0.863. The Morgan fingerprint density at radius 3 is 2.55 bits per heavy atom. The van der Waals surface area contributed by atoms with Crippen molar-refractivity contribution in [3.05, 3.63) is 0 Å². The van der Waals surface area contributed by atoms with E-state index in [0.717, 1.165) is 58.2 Å². The van der Waals surface area contributed by atoms with Crippen molar-refractivity contribution in [2.45, 2.75) is 57.0 Å². The number of amides is 2. The first kappa shape index (κ1) is 15.8. The highest BCUT2D eigenvalue weighted by Gasteiger charge is 2.42. The zero-order valence-corrected chi connectivity index (χ0v) is 13.6. The van der Waals surface area contributed by atoms with Gasteiger partial charge in [-0.25, -0.2) is 0 Å². The molecule has 0 aromatic rings. The summed E-state index contributed by atoms with van der Waals surface area (Å²) in [5, 5.41) is 2.72. The van der Waals surface area contributed by atoms with Gasteiger partial charge in [0.05, 0.1) is 5.60 Å². The molecule has 0 aromatic carbocycles. The second kappa shape index (κ2) is 6.57. The number of nitrogens with one attached hydrogen (secondary N) is 1. The summed E-state index contributed by atoms with van der Waals surface area (Å²) in [6.07, 6.45) is 7.75. The van der Waals surface area contributed by atoms with Gasteiger partial charge in [-0.3, -0.25) is 9.59 Å². The third-order valence-corrected chi connectivity index (χ3v) is 5.79. The molecule has 0 bridgehead atoms. The van der Waals surface area contributed by atoms with Gasteiger partial charge in [-0.1, -0.05) is 6.42 Å². The smallest absolute Gasteiger partial charge is 0.225 e. The molecule has 1 atom stereocenters. The lowest BCUT2D eigenvalue weighted by Gasteiger charge is -2.47. The molecule has 2 amide bonds. The zero-order chi connectivity index (χ0) is 15.6. The van der Waals surface area contributed by atoms with Crippen molar-refractivity contribution in [1.29, 1.82) is 0 Å². The normalized spacial score (nSPS) is 28.2. The van der Waals surface area contributed by atoms with Crippen molar-refractivity contribution in [3.8, 4) is 0 Å². The van der Waals surface area contributed by atoms with Gasteiger partial charge in [0.15, 0.2) is 0 Å². The number of nitrogens with zero attached hydrogens (tertiary/aromatic N) is 1. The first-order valence-electron chi connectivity index (χ1n) is 8.75. The number of rotatable bonds is 3. The van der Waals surface area contributed by atoms with Crippen molar-refractivity contribution in [2.24, 2.45) is 11.8 Å². The molecule has 2 heterocycles. The van der Waals surface area contributed by atoms with Crippen LogP contribution in [-0.4, -0.2) is 49.1 Å². The van der Waals surface area contributed by atoms with Crippen molar-refractivity contribution in [2.75, 3.05) is 26.7 Å². The SMILES string of the molecule is CNC(=O)CC1CCOC2(CCN(C(=O)C3CCC3)CC2)C1. The van der Waals surface area contributed by atoms with Crippen molar-refractivity contribution < 1.29 is 14.3 Å². The van der Waals surface area contributed by atoms with Gasteiger partial charge in [0.2, 0.25) is 11.8 Å². The fourth-order valence-corrected chi connectivity index (χ4v) is 4.06. The monoisotopic (exact) mass is 308 g/mol. The summed E-state index contributed by atoms with van der Waals surface area (Å²) in [5.74, 6) is 1.20. The average Bonchev–Trinajstić information content (AvgIpc) is 2.46. The van der Waals surface area contributed by atoms with Crippen molar-refractivity contribution >= 4 is 11.8 Å². The minimum atomic E-state index is -0.0899. The Hall–Kier alpha value is -1.10. The molecular formula is C17H28N2O3. The Balaban J connectivity index is 1.52. The second-order valence-corrected chi connectivity index (χ2v) is 7.22. The Morgan fingerprint density at radius 2 is 1.95 bits per heavy atom. The first-order chi connectivity index (χ1) is 10.6. The van der Waals surface area contributed by atoms with E-state index in [1.54, 1.807) is 7.05 Å². The molecular weight excluding hydrogens is 280 g/mol. The fourth-order valence-electron chi connectivity index (χ4n) is 4.06. The van der Waals surface area contributed by atoms with Gasteiger partial charge in [-0.15, -0.1) is 0 Å². The number of hydrogen-bond acceptors (Lipinski definition) is 3. The van der Waals surface area contributed by atoms with E-state index in [4.69, 9.17) is 4.74 Å². The standard InChI is InChI=1S/C17H28N2O3/c1-18-15(20)11-13-5-10-22-17(12-13)6-8-19(9-7-17)16(21)14-3-2-4-14/h13-14H,2-12H2,1H3,(H,18,20). The van der Waals surface area contributed by atoms with Crippen LogP contribution in [0.5, 0.6) is 0 Å². The van der Waals surface area contributed by atoms with E-state index in [9.17, 15) is 9.59 Å². The van der Waals surface area contributed by atoms with Crippen LogP contribution in [0.2, 0.25) is 0 Å². The number of ether oxygens (including phenoxy) is 1. The Bertz CT molecular complexity index is 426. The van der Waals surface area contributed by atoms with Gasteiger partial charge >= 0.3 is 0 Å². The number of carbonyl (C=O) groups is 2. The van der Waals surface area contributed by atoms with E-state index in [2.05, 4.69) is 5.32 Å².